The van der Waals surface area contributed by atoms with Crippen molar-refractivity contribution in [2.75, 3.05) is 26.4 Å². The van der Waals surface area contributed by atoms with Gasteiger partial charge in [0.15, 0.2) is 25.2 Å². The largest absolute Gasteiger partial charge is 0.397 e. The molecule has 0 saturated carbocycles. The highest BCUT2D eigenvalue weighted by molar-refractivity contribution is 7.81. The minimum Gasteiger partial charge on any atom is -0.394 e. The zero-order chi connectivity index (χ0) is 37.2. The molecule has 0 amide bonds. The van der Waals surface area contributed by atoms with Gasteiger partial charge in [-0.2, -0.15) is 16.8 Å². The number of aliphatic hydroxyl groups excluding tert-OH is 8. The fraction of sp³-hybridized carbons (Fsp3) is 1.00. The van der Waals surface area contributed by atoms with Gasteiger partial charge >= 0.3 is 20.8 Å². The smallest absolute Gasteiger partial charge is 0.394 e. The quantitative estimate of drug-likeness (QED) is 0.0821. The maximum absolute atomic E-state index is 11.7. The van der Waals surface area contributed by atoms with Gasteiger partial charge in [-0.05, 0) is 0 Å². The van der Waals surface area contributed by atoms with Gasteiger partial charge in [-0.3, -0.25) is 9.11 Å². The first kappa shape index (κ1) is 39.7. The van der Waals surface area contributed by atoms with Gasteiger partial charge in [0.25, 0.3) is 0 Å². The molecule has 25 nitrogen and oxygen atoms in total. The van der Waals surface area contributed by atoms with Crippen LogP contribution in [-0.2, 0) is 71.8 Å². The maximum atomic E-state index is 11.7. The summed E-state index contributed by atoms with van der Waals surface area (Å²) in [5.74, 6) is 0. The Bertz CT molecular complexity index is 1420. The zero-order valence-corrected chi connectivity index (χ0v) is 27.4. The molecule has 6 fully saturated rings. The third kappa shape index (κ3) is 8.21. The Kier molecular flexibility index (Phi) is 11.9. The Morgan fingerprint density at radius 2 is 0.961 bits per heavy atom. The molecule has 0 aromatic carbocycles. The number of fused-ring (bicyclic) bond motifs is 4. The second-order valence-electron chi connectivity index (χ2n) is 12.4. The molecule has 0 aliphatic carbocycles. The normalized spacial score (nSPS) is 50.4. The maximum Gasteiger partial charge on any atom is 0.397 e. The molecule has 0 radical (unpaired) electrons. The van der Waals surface area contributed by atoms with E-state index in [0.717, 1.165) is 0 Å². The number of aliphatic hydroxyl groups is 8. The van der Waals surface area contributed by atoms with Crippen molar-refractivity contribution in [3.63, 3.8) is 0 Å². The van der Waals surface area contributed by atoms with Crippen LogP contribution in [0.15, 0.2) is 0 Å². The summed E-state index contributed by atoms with van der Waals surface area (Å²) in [5.41, 5.74) is 0. The standard InChI is InChI=1S/C24H38O25S2/c25-1-5-15(48-50(33,34)35)19(10(28)21(32)41-5)46-23-12(30)18-14(8(44-23)4-40-18)45-24-13(31)20(16(6(2-26)42-24)49-51(36,37)38)47-22-11(29)17-9(27)7(43-22)3-39-17/h5-32H,1-4H2,(H,33,34,35)(H,36,37,38)/t5-,6-,7-,8-,9+,10-,11-,12-,13-,14-,15+,16+,17+,18-,19-,20-,21-,22-,23-,24+/m1/s1. The molecular weight excluding hydrogens is 752 g/mol. The lowest BCUT2D eigenvalue weighted by molar-refractivity contribution is -0.370. The Morgan fingerprint density at radius 1 is 0.510 bits per heavy atom. The predicted molar refractivity (Wildman–Crippen MR) is 148 cm³/mol. The Hall–Kier alpha value is -0.940. The Balaban J connectivity index is 1.19. The number of hydrogen-bond acceptors (Lipinski definition) is 23. The lowest BCUT2D eigenvalue weighted by atomic mass is 9.96. The molecule has 6 saturated heterocycles. The third-order valence-electron chi connectivity index (χ3n) is 9.11. The van der Waals surface area contributed by atoms with Crippen molar-refractivity contribution in [2.24, 2.45) is 0 Å². The van der Waals surface area contributed by atoms with E-state index in [1.165, 1.54) is 0 Å². The van der Waals surface area contributed by atoms with Crippen LogP contribution in [0.1, 0.15) is 0 Å². The first-order valence-electron chi connectivity index (χ1n) is 15.3. The van der Waals surface area contributed by atoms with E-state index in [9.17, 15) is 66.8 Å². The minimum absolute atomic E-state index is 0.142. The van der Waals surface area contributed by atoms with Crippen molar-refractivity contribution >= 4 is 20.8 Å². The van der Waals surface area contributed by atoms with Crippen LogP contribution in [0, 0.1) is 0 Å². The highest BCUT2D eigenvalue weighted by Crippen LogP contribution is 2.39. The Morgan fingerprint density at radius 3 is 1.53 bits per heavy atom. The van der Waals surface area contributed by atoms with Crippen LogP contribution in [-0.4, -0.2) is 216 Å². The lowest BCUT2D eigenvalue weighted by Gasteiger charge is -2.47. The molecule has 6 aliphatic heterocycles. The van der Waals surface area contributed by atoms with Gasteiger partial charge in [-0.25, -0.2) is 8.37 Å². The van der Waals surface area contributed by atoms with E-state index in [4.69, 9.17) is 42.6 Å². The van der Waals surface area contributed by atoms with Gasteiger partial charge in [0.05, 0.1) is 26.4 Å². The van der Waals surface area contributed by atoms with Gasteiger partial charge in [0, 0.05) is 0 Å². The number of rotatable bonds is 12. The predicted octanol–water partition coefficient (Wildman–Crippen LogP) is -8.00. The highest BCUT2D eigenvalue weighted by atomic mass is 32.3. The van der Waals surface area contributed by atoms with Crippen molar-refractivity contribution in [2.45, 2.75) is 123 Å². The van der Waals surface area contributed by atoms with Crippen molar-refractivity contribution in [3.05, 3.63) is 0 Å². The SMILES string of the molecule is O=S(=O)(O)O[C@@H]1[C@H](O[C@H]2O[C@@H]3CO[C@H]([C@H]2O)[C@@H]3O[C@@H]2O[C@H](CO)[C@H](OS(=O)(=O)O)[C@H](O[C@H]3O[C@@H]4CO[C@@H]([C@H]4O)[C@H]3O)[C@H]2O)[C@@H](O)[C@H](O)O[C@@H]1CO. The molecule has 6 aliphatic rings. The molecule has 20 atom stereocenters. The molecule has 6 heterocycles. The van der Waals surface area contributed by atoms with E-state index in [-0.39, 0.29) is 13.2 Å². The summed E-state index contributed by atoms with van der Waals surface area (Å²) < 4.78 is 124. The van der Waals surface area contributed by atoms with Gasteiger partial charge in [0.1, 0.15) is 97.7 Å². The number of ether oxygens (including phenoxy) is 9. The topological polar surface area (TPSA) is 372 Å². The molecule has 51 heavy (non-hydrogen) atoms. The summed E-state index contributed by atoms with van der Waals surface area (Å²) in [5, 5.41) is 83.6. The highest BCUT2D eigenvalue weighted by Gasteiger charge is 2.59. The zero-order valence-electron chi connectivity index (χ0n) is 25.8. The van der Waals surface area contributed by atoms with Crippen LogP contribution in [0.3, 0.4) is 0 Å². The fourth-order valence-corrected chi connectivity index (χ4v) is 7.78. The van der Waals surface area contributed by atoms with E-state index < -0.39 is 157 Å². The molecule has 296 valence electrons. The van der Waals surface area contributed by atoms with E-state index in [0.29, 0.717) is 0 Å². The average Bonchev–Trinajstić information content (AvgIpc) is 3.50. The molecule has 0 spiro atoms. The Labute approximate surface area is 287 Å². The van der Waals surface area contributed by atoms with E-state index in [1.807, 2.05) is 0 Å². The van der Waals surface area contributed by atoms with E-state index in [2.05, 4.69) is 8.37 Å². The molecule has 0 aromatic rings. The molecule has 27 heteroatoms. The van der Waals surface area contributed by atoms with Crippen LogP contribution >= 0.6 is 0 Å². The minimum atomic E-state index is -5.29. The fourth-order valence-electron chi connectivity index (χ4n) is 6.75. The second kappa shape index (κ2) is 15.3. The molecule has 0 aromatic heterocycles. The summed E-state index contributed by atoms with van der Waals surface area (Å²) in [6, 6.07) is 0. The molecule has 6 rings (SSSR count). The summed E-state index contributed by atoms with van der Waals surface area (Å²) in [7, 11) is -10.5. The van der Waals surface area contributed by atoms with Crippen molar-refractivity contribution < 1.29 is 118 Å². The second-order valence-corrected chi connectivity index (χ2v) is 14.5. The van der Waals surface area contributed by atoms with Gasteiger partial charge in [-0.1, -0.05) is 0 Å². The van der Waals surface area contributed by atoms with E-state index in [1.54, 1.807) is 0 Å². The molecule has 4 bridgehead atoms. The van der Waals surface area contributed by atoms with Crippen LogP contribution in [0.5, 0.6) is 0 Å². The first-order valence-corrected chi connectivity index (χ1v) is 18.1. The molecule has 0 unspecified atom stereocenters. The van der Waals surface area contributed by atoms with Crippen molar-refractivity contribution in [1.29, 1.82) is 0 Å². The third-order valence-corrected chi connectivity index (χ3v) is 10.0. The van der Waals surface area contributed by atoms with Gasteiger partial charge < -0.3 is 83.5 Å². The lowest BCUT2D eigenvalue weighted by Crippen LogP contribution is -2.66. The van der Waals surface area contributed by atoms with Crippen LogP contribution in [0.2, 0.25) is 0 Å². The average molecular weight is 791 g/mol. The van der Waals surface area contributed by atoms with E-state index >= 15 is 0 Å². The van der Waals surface area contributed by atoms with Crippen molar-refractivity contribution in [1.82, 2.24) is 0 Å². The summed E-state index contributed by atoms with van der Waals surface area (Å²) in [6.07, 6.45) is -33.6. The van der Waals surface area contributed by atoms with Crippen LogP contribution < -0.4 is 0 Å². The summed E-state index contributed by atoms with van der Waals surface area (Å²) in [6.45, 7) is -2.46. The summed E-state index contributed by atoms with van der Waals surface area (Å²) in [4.78, 5) is 0. The van der Waals surface area contributed by atoms with Crippen molar-refractivity contribution in [3.8, 4) is 0 Å². The monoisotopic (exact) mass is 790 g/mol. The van der Waals surface area contributed by atoms with Crippen LogP contribution in [0.25, 0.3) is 0 Å². The summed E-state index contributed by atoms with van der Waals surface area (Å²) >= 11 is 0. The molecule has 10 N–H and O–H groups in total. The number of hydrogen-bond donors (Lipinski definition) is 10. The van der Waals surface area contributed by atoms with Gasteiger partial charge in [-0.15, -0.1) is 0 Å². The van der Waals surface area contributed by atoms with Gasteiger partial charge in [0.2, 0.25) is 0 Å². The van der Waals surface area contributed by atoms with Crippen LogP contribution in [0.4, 0.5) is 0 Å². The molecular formula is C24H38O25S2. The first-order chi connectivity index (χ1) is 23.9.